The van der Waals surface area contributed by atoms with Crippen molar-refractivity contribution in [1.82, 2.24) is 14.5 Å². The van der Waals surface area contributed by atoms with Gasteiger partial charge in [-0.25, -0.2) is 9.97 Å². The first-order chi connectivity index (χ1) is 9.60. The number of rotatable bonds is 2. The van der Waals surface area contributed by atoms with Crippen molar-refractivity contribution in [2.75, 3.05) is 12.3 Å². The highest BCUT2D eigenvalue weighted by atomic mass is 16.3. The maximum atomic E-state index is 10.3. The lowest BCUT2D eigenvalue weighted by molar-refractivity contribution is -0.0300. The average molecular weight is 276 g/mol. The van der Waals surface area contributed by atoms with Gasteiger partial charge in [-0.2, -0.15) is 0 Å². The SMILES string of the molecule is Nc1ccnc2c1ncn2[C@@H]1[C@H]2C[C@]2(CO)C(O)[C@@H]1O. The van der Waals surface area contributed by atoms with Crippen LogP contribution in [0.4, 0.5) is 5.69 Å². The maximum Gasteiger partial charge on any atom is 0.162 e. The molecule has 106 valence electrons. The first-order valence-corrected chi connectivity index (χ1v) is 6.64. The van der Waals surface area contributed by atoms with Gasteiger partial charge in [0.1, 0.15) is 11.6 Å². The molecule has 4 rings (SSSR count). The van der Waals surface area contributed by atoms with Crippen molar-refractivity contribution in [1.29, 1.82) is 0 Å². The van der Waals surface area contributed by atoms with Crippen LogP contribution in [-0.4, -0.2) is 48.7 Å². The van der Waals surface area contributed by atoms with E-state index in [1.54, 1.807) is 23.2 Å². The Morgan fingerprint density at radius 2 is 2.20 bits per heavy atom. The molecule has 0 saturated heterocycles. The second-order valence-electron chi connectivity index (χ2n) is 5.85. The van der Waals surface area contributed by atoms with Crippen LogP contribution in [0.1, 0.15) is 12.5 Å². The molecule has 1 unspecified atom stereocenters. The zero-order chi connectivity index (χ0) is 14.1. The fraction of sp³-hybridized carbons (Fsp3) is 0.538. The minimum atomic E-state index is -0.929. The molecule has 0 aliphatic heterocycles. The van der Waals surface area contributed by atoms with Gasteiger partial charge in [-0.1, -0.05) is 0 Å². The van der Waals surface area contributed by atoms with Crippen molar-refractivity contribution in [2.24, 2.45) is 11.3 Å². The van der Waals surface area contributed by atoms with Crippen LogP contribution in [0.25, 0.3) is 11.2 Å². The molecule has 2 fully saturated rings. The van der Waals surface area contributed by atoms with Crippen LogP contribution in [0.3, 0.4) is 0 Å². The molecule has 2 saturated carbocycles. The van der Waals surface area contributed by atoms with E-state index in [1.165, 1.54) is 0 Å². The number of fused-ring (bicyclic) bond motifs is 2. The molecule has 0 spiro atoms. The number of aliphatic hydroxyl groups excluding tert-OH is 3. The van der Waals surface area contributed by atoms with E-state index in [9.17, 15) is 15.3 Å². The van der Waals surface area contributed by atoms with E-state index in [2.05, 4.69) is 9.97 Å². The Hall–Kier alpha value is -1.70. The molecule has 0 bridgehead atoms. The monoisotopic (exact) mass is 276 g/mol. The highest BCUT2D eigenvalue weighted by Gasteiger charge is 2.71. The number of aliphatic hydroxyl groups is 3. The smallest absolute Gasteiger partial charge is 0.162 e. The van der Waals surface area contributed by atoms with Gasteiger partial charge in [0.15, 0.2) is 5.65 Å². The van der Waals surface area contributed by atoms with E-state index in [-0.39, 0.29) is 18.6 Å². The zero-order valence-electron chi connectivity index (χ0n) is 10.7. The molecule has 7 heteroatoms. The predicted molar refractivity (Wildman–Crippen MR) is 70.6 cm³/mol. The van der Waals surface area contributed by atoms with Crippen molar-refractivity contribution in [3.05, 3.63) is 18.6 Å². The summed E-state index contributed by atoms with van der Waals surface area (Å²) in [6.45, 7) is -0.116. The zero-order valence-corrected chi connectivity index (χ0v) is 10.7. The van der Waals surface area contributed by atoms with Crippen LogP contribution in [0.2, 0.25) is 0 Å². The Balaban J connectivity index is 1.83. The molecule has 2 heterocycles. The summed E-state index contributed by atoms with van der Waals surface area (Å²) >= 11 is 0. The molecular formula is C13H16N4O3. The molecule has 0 aromatic carbocycles. The van der Waals surface area contributed by atoms with Gasteiger partial charge in [0.05, 0.1) is 30.8 Å². The topological polar surface area (TPSA) is 117 Å². The summed E-state index contributed by atoms with van der Waals surface area (Å²) in [7, 11) is 0. The number of pyridine rings is 1. The van der Waals surface area contributed by atoms with Crippen LogP contribution in [0.5, 0.6) is 0 Å². The van der Waals surface area contributed by atoms with Crippen molar-refractivity contribution < 1.29 is 15.3 Å². The molecule has 0 radical (unpaired) electrons. The summed E-state index contributed by atoms with van der Waals surface area (Å²) in [5.74, 6) is 0.0399. The van der Waals surface area contributed by atoms with Gasteiger partial charge in [-0.05, 0) is 18.4 Å². The minimum absolute atomic E-state index is 0.0399. The second-order valence-corrected chi connectivity index (χ2v) is 5.85. The van der Waals surface area contributed by atoms with Crippen LogP contribution < -0.4 is 5.73 Å². The van der Waals surface area contributed by atoms with Gasteiger partial charge in [0.25, 0.3) is 0 Å². The average Bonchev–Trinajstić information content (AvgIpc) is 2.95. The number of anilines is 1. The summed E-state index contributed by atoms with van der Waals surface area (Å²) in [5, 5.41) is 29.9. The quantitative estimate of drug-likeness (QED) is 0.575. The largest absolute Gasteiger partial charge is 0.397 e. The lowest BCUT2D eigenvalue weighted by Gasteiger charge is -2.23. The number of nitrogens with zero attached hydrogens (tertiary/aromatic N) is 3. The third kappa shape index (κ3) is 1.25. The summed E-state index contributed by atoms with van der Waals surface area (Å²) in [6.07, 6.45) is 2.05. The van der Waals surface area contributed by atoms with Gasteiger partial charge in [-0.3, -0.25) is 0 Å². The van der Waals surface area contributed by atoms with Crippen LogP contribution in [-0.2, 0) is 0 Å². The molecule has 2 aliphatic carbocycles. The summed E-state index contributed by atoms with van der Waals surface area (Å²) in [5.41, 5.74) is 7.02. The number of nitrogen functional groups attached to an aromatic ring is 1. The number of aromatic nitrogens is 3. The number of hydrogen-bond acceptors (Lipinski definition) is 6. The molecular weight excluding hydrogens is 260 g/mol. The highest BCUT2D eigenvalue weighted by Crippen LogP contribution is 2.67. The predicted octanol–water partition coefficient (Wildman–Crippen LogP) is -0.711. The van der Waals surface area contributed by atoms with Crippen LogP contribution in [0.15, 0.2) is 18.6 Å². The summed E-state index contributed by atoms with van der Waals surface area (Å²) < 4.78 is 1.77. The Morgan fingerprint density at radius 3 is 2.90 bits per heavy atom. The van der Waals surface area contributed by atoms with Crippen molar-refractivity contribution in [2.45, 2.75) is 24.7 Å². The molecule has 20 heavy (non-hydrogen) atoms. The number of hydrogen-bond donors (Lipinski definition) is 4. The lowest BCUT2D eigenvalue weighted by Crippen LogP contribution is -2.35. The highest BCUT2D eigenvalue weighted by molar-refractivity contribution is 5.83. The van der Waals surface area contributed by atoms with E-state index in [0.29, 0.717) is 23.3 Å². The lowest BCUT2D eigenvalue weighted by atomic mass is 10.0. The van der Waals surface area contributed by atoms with E-state index in [1.807, 2.05) is 0 Å². The molecule has 2 aromatic rings. The maximum absolute atomic E-state index is 10.3. The fourth-order valence-electron chi connectivity index (χ4n) is 3.72. The van der Waals surface area contributed by atoms with E-state index in [4.69, 9.17) is 5.73 Å². The van der Waals surface area contributed by atoms with Crippen molar-refractivity contribution in [3.63, 3.8) is 0 Å². The Morgan fingerprint density at radius 1 is 1.40 bits per heavy atom. The standard InChI is InChI=1S/C13H16N4O3/c14-7-1-2-15-12-8(7)16-5-17(12)9-6-3-13(6,4-18)11(20)10(9)19/h1-2,5-6,9-11,18-20H,3-4H2,(H2,14,15)/t6-,9-,10-,11?,13-/m1/s1. The second kappa shape index (κ2) is 3.69. The molecule has 0 amide bonds. The van der Waals surface area contributed by atoms with Crippen LogP contribution >= 0.6 is 0 Å². The van der Waals surface area contributed by atoms with E-state index < -0.39 is 17.6 Å². The van der Waals surface area contributed by atoms with E-state index in [0.717, 1.165) is 0 Å². The van der Waals surface area contributed by atoms with Crippen molar-refractivity contribution >= 4 is 16.9 Å². The molecule has 5 N–H and O–H groups in total. The molecule has 2 aromatic heterocycles. The Labute approximate surface area is 114 Å². The summed E-state index contributed by atoms with van der Waals surface area (Å²) in [4.78, 5) is 8.52. The van der Waals surface area contributed by atoms with Gasteiger partial charge in [0, 0.05) is 11.6 Å². The Bertz CT molecular complexity index is 687. The third-order valence-corrected chi connectivity index (χ3v) is 4.96. The fourth-order valence-corrected chi connectivity index (χ4v) is 3.72. The van der Waals surface area contributed by atoms with Gasteiger partial charge >= 0.3 is 0 Å². The van der Waals surface area contributed by atoms with Gasteiger partial charge in [-0.15, -0.1) is 0 Å². The molecule has 2 aliphatic rings. The van der Waals surface area contributed by atoms with Crippen molar-refractivity contribution in [3.8, 4) is 0 Å². The molecule has 7 nitrogen and oxygen atoms in total. The summed E-state index contributed by atoms with van der Waals surface area (Å²) in [6, 6.07) is 1.35. The van der Waals surface area contributed by atoms with Gasteiger partial charge < -0.3 is 25.6 Å². The molecule has 5 atom stereocenters. The first-order valence-electron chi connectivity index (χ1n) is 6.64. The minimum Gasteiger partial charge on any atom is -0.397 e. The van der Waals surface area contributed by atoms with E-state index >= 15 is 0 Å². The number of nitrogens with two attached hydrogens (primary N) is 1. The van der Waals surface area contributed by atoms with Gasteiger partial charge in [0.2, 0.25) is 0 Å². The number of imidazole rings is 1. The first kappa shape index (κ1) is 12.1. The normalized spacial score (nSPS) is 39.1. The third-order valence-electron chi connectivity index (χ3n) is 4.96. The van der Waals surface area contributed by atoms with Crippen LogP contribution in [0, 0.1) is 11.3 Å². The Kier molecular flexibility index (Phi) is 2.23.